The monoisotopic (exact) mass is 142 g/mol. The fourth-order valence-corrected chi connectivity index (χ4v) is 1.58. The quantitative estimate of drug-likeness (QED) is 0.454. The Balaban J connectivity index is 2.15. The Hall–Kier alpha value is -0.380. The number of ether oxygens (including phenoxy) is 1. The second-order valence-corrected chi connectivity index (χ2v) is 2.81. The van der Waals surface area contributed by atoms with Crippen LogP contribution in [-0.2, 0) is 4.74 Å². The Bertz CT molecular complexity index is 166. The molecule has 0 radical (unpaired) electrons. The summed E-state index contributed by atoms with van der Waals surface area (Å²) in [7, 11) is 0. The highest BCUT2D eigenvalue weighted by Gasteiger charge is 2.42. The van der Waals surface area contributed by atoms with Gasteiger partial charge in [0.05, 0.1) is 6.10 Å². The van der Waals surface area contributed by atoms with Crippen LogP contribution in [0.15, 0.2) is 12.2 Å². The first-order valence-corrected chi connectivity index (χ1v) is 3.47. The highest BCUT2D eigenvalue weighted by molar-refractivity contribution is 5.08. The van der Waals surface area contributed by atoms with E-state index in [0.717, 1.165) is 6.42 Å². The van der Waals surface area contributed by atoms with Gasteiger partial charge in [0.25, 0.3) is 0 Å². The minimum Gasteiger partial charge on any atom is -0.387 e. The predicted octanol–water partition coefficient (Wildman–Crippen LogP) is -0.359. The van der Waals surface area contributed by atoms with Crippen molar-refractivity contribution in [3.63, 3.8) is 0 Å². The summed E-state index contributed by atoms with van der Waals surface area (Å²) in [6.45, 7) is 0. The summed E-state index contributed by atoms with van der Waals surface area (Å²) in [5.41, 5.74) is 0. The highest BCUT2D eigenvalue weighted by Crippen LogP contribution is 2.33. The zero-order chi connectivity index (χ0) is 7.14. The lowest BCUT2D eigenvalue weighted by atomic mass is 10.0. The van der Waals surface area contributed by atoms with Crippen molar-refractivity contribution in [2.75, 3.05) is 0 Å². The molecular formula is C7H10O3. The second kappa shape index (κ2) is 2.05. The minimum atomic E-state index is -0.972. The van der Waals surface area contributed by atoms with Gasteiger partial charge in [0.15, 0.2) is 6.29 Å². The number of hydrogen-bond donors (Lipinski definition) is 2. The molecule has 10 heavy (non-hydrogen) atoms. The summed E-state index contributed by atoms with van der Waals surface area (Å²) in [6.07, 6.45) is 2.97. The van der Waals surface area contributed by atoms with E-state index >= 15 is 0 Å². The van der Waals surface area contributed by atoms with Crippen molar-refractivity contribution in [3.05, 3.63) is 12.2 Å². The van der Waals surface area contributed by atoms with Crippen LogP contribution in [0.1, 0.15) is 6.42 Å². The van der Waals surface area contributed by atoms with Crippen LogP contribution in [0.3, 0.4) is 0 Å². The summed E-state index contributed by atoms with van der Waals surface area (Å²) >= 11 is 0. The zero-order valence-electron chi connectivity index (χ0n) is 5.47. The summed E-state index contributed by atoms with van der Waals surface area (Å²) in [5.74, 6) is 0.0926. The van der Waals surface area contributed by atoms with E-state index < -0.39 is 12.4 Å². The molecule has 4 atom stereocenters. The molecule has 3 heteroatoms. The molecule has 56 valence electrons. The molecular weight excluding hydrogens is 132 g/mol. The standard InChI is InChI=1S/C7H10O3/c8-6-4-2-1-3-5(4)10-7(6)9/h1,3-9H,2H2. The van der Waals surface area contributed by atoms with Crippen LogP contribution in [0, 0.1) is 5.92 Å². The Morgan fingerprint density at radius 2 is 2.20 bits per heavy atom. The third kappa shape index (κ3) is 0.714. The molecule has 1 heterocycles. The molecule has 2 N–H and O–H groups in total. The summed E-state index contributed by atoms with van der Waals surface area (Å²) in [4.78, 5) is 0. The zero-order valence-corrected chi connectivity index (χ0v) is 5.47. The lowest BCUT2D eigenvalue weighted by Crippen LogP contribution is -2.25. The van der Waals surface area contributed by atoms with Crippen LogP contribution in [0.25, 0.3) is 0 Å². The van der Waals surface area contributed by atoms with E-state index in [0.29, 0.717) is 0 Å². The van der Waals surface area contributed by atoms with Gasteiger partial charge < -0.3 is 14.9 Å². The van der Waals surface area contributed by atoms with Crippen molar-refractivity contribution in [3.8, 4) is 0 Å². The Morgan fingerprint density at radius 1 is 1.40 bits per heavy atom. The van der Waals surface area contributed by atoms with Gasteiger partial charge in [-0.2, -0.15) is 0 Å². The lowest BCUT2D eigenvalue weighted by Gasteiger charge is -2.09. The fourth-order valence-electron chi connectivity index (χ4n) is 1.58. The van der Waals surface area contributed by atoms with Crippen molar-refractivity contribution >= 4 is 0 Å². The predicted molar refractivity (Wildman–Crippen MR) is 34.1 cm³/mol. The van der Waals surface area contributed by atoms with Gasteiger partial charge in [-0.25, -0.2) is 0 Å². The topological polar surface area (TPSA) is 49.7 Å². The second-order valence-electron chi connectivity index (χ2n) is 2.81. The van der Waals surface area contributed by atoms with E-state index in [4.69, 9.17) is 9.84 Å². The van der Waals surface area contributed by atoms with Crippen LogP contribution >= 0.6 is 0 Å². The van der Waals surface area contributed by atoms with Gasteiger partial charge in [0, 0.05) is 5.92 Å². The molecule has 1 saturated heterocycles. The molecule has 0 amide bonds. The Morgan fingerprint density at radius 3 is 2.90 bits per heavy atom. The molecule has 2 aliphatic rings. The highest BCUT2D eigenvalue weighted by atomic mass is 16.6. The van der Waals surface area contributed by atoms with Crippen LogP contribution < -0.4 is 0 Å². The van der Waals surface area contributed by atoms with Gasteiger partial charge in [0.1, 0.15) is 6.10 Å². The molecule has 1 fully saturated rings. The molecule has 1 aliphatic heterocycles. The van der Waals surface area contributed by atoms with E-state index in [-0.39, 0.29) is 12.0 Å². The van der Waals surface area contributed by atoms with Crippen molar-refractivity contribution in [2.45, 2.75) is 24.9 Å². The largest absolute Gasteiger partial charge is 0.387 e. The summed E-state index contributed by atoms with van der Waals surface area (Å²) < 4.78 is 5.02. The number of allylic oxidation sites excluding steroid dienone is 1. The maximum Gasteiger partial charge on any atom is 0.181 e. The third-order valence-corrected chi connectivity index (χ3v) is 2.18. The summed E-state index contributed by atoms with van der Waals surface area (Å²) in [5, 5.41) is 18.3. The maximum absolute atomic E-state index is 9.25. The van der Waals surface area contributed by atoms with E-state index in [1.54, 1.807) is 0 Å². The first-order chi connectivity index (χ1) is 4.79. The lowest BCUT2D eigenvalue weighted by molar-refractivity contribution is -0.120. The molecule has 0 spiro atoms. The maximum atomic E-state index is 9.25. The molecule has 0 aromatic carbocycles. The SMILES string of the molecule is OC1OC2C=CCC2C1O. The first-order valence-electron chi connectivity index (χ1n) is 3.47. The van der Waals surface area contributed by atoms with E-state index in [1.807, 2.05) is 12.2 Å². The molecule has 0 saturated carbocycles. The Labute approximate surface area is 58.9 Å². The molecule has 4 unspecified atom stereocenters. The Kier molecular flexibility index (Phi) is 1.30. The molecule has 1 aliphatic carbocycles. The van der Waals surface area contributed by atoms with Crippen molar-refractivity contribution in [1.82, 2.24) is 0 Å². The number of hydrogen-bond acceptors (Lipinski definition) is 3. The van der Waals surface area contributed by atoms with Crippen molar-refractivity contribution in [1.29, 1.82) is 0 Å². The minimum absolute atomic E-state index is 0.0509. The number of aliphatic hydroxyl groups excluding tert-OH is 2. The molecule has 0 aromatic heterocycles. The number of fused-ring (bicyclic) bond motifs is 1. The molecule has 0 aromatic rings. The van der Waals surface area contributed by atoms with Gasteiger partial charge in [-0.05, 0) is 6.42 Å². The summed E-state index contributed by atoms with van der Waals surface area (Å²) in [6, 6.07) is 0. The van der Waals surface area contributed by atoms with Gasteiger partial charge in [-0.15, -0.1) is 0 Å². The van der Waals surface area contributed by atoms with Crippen LogP contribution in [0.2, 0.25) is 0 Å². The normalized spacial score (nSPS) is 51.8. The van der Waals surface area contributed by atoms with Gasteiger partial charge in [-0.1, -0.05) is 12.2 Å². The van der Waals surface area contributed by atoms with Crippen LogP contribution in [0.5, 0.6) is 0 Å². The fraction of sp³-hybridized carbons (Fsp3) is 0.714. The van der Waals surface area contributed by atoms with E-state index in [1.165, 1.54) is 0 Å². The number of aliphatic hydroxyl groups is 2. The van der Waals surface area contributed by atoms with E-state index in [2.05, 4.69) is 0 Å². The van der Waals surface area contributed by atoms with Crippen LogP contribution in [0.4, 0.5) is 0 Å². The van der Waals surface area contributed by atoms with Gasteiger partial charge in [0.2, 0.25) is 0 Å². The molecule has 2 rings (SSSR count). The first kappa shape index (κ1) is 6.34. The molecule has 0 bridgehead atoms. The van der Waals surface area contributed by atoms with Crippen molar-refractivity contribution in [2.24, 2.45) is 5.92 Å². The van der Waals surface area contributed by atoms with Crippen LogP contribution in [-0.4, -0.2) is 28.7 Å². The third-order valence-electron chi connectivity index (χ3n) is 2.18. The van der Waals surface area contributed by atoms with Gasteiger partial charge >= 0.3 is 0 Å². The van der Waals surface area contributed by atoms with E-state index in [9.17, 15) is 5.11 Å². The average molecular weight is 142 g/mol. The average Bonchev–Trinajstić information content (AvgIpc) is 2.41. The molecule has 3 nitrogen and oxygen atoms in total. The van der Waals surface area contributed by atoms with Gasteiger partial charge in [-0.3, -0.25) is 0 Å². The number of rotatable bonds is 0. The smallest absolute Gasteiger partial charge is 0.181 e. The van der Waals surface area contributed by atoms with Crippen molar-refractivity contribution < 1.29 is 14.9 Å².